The molecule has 0 saturated carbocycles. The average Bonchev–Trinajstić information content (AvgIpc) is 2.69. The van der Waals surface area contributed by atoms with Crippen LogP contribution in [-0.4, -0.2) is 4.57 Å². The molecule has 0 N–H and O–H groups in total. The van der Waals surface area contributed by atoms with Gasteiger partial charge in [0.1, 0.15) is 6.20 Å². The van der Waals surface area contributed by atoms with Crippen molar-refractivity contribution in [3.8, 4) is 11.3 Å². The summed E-state index contributed by atoms with van der Waals surface area (Å²) >= 11 is 3.46. The molecule has 0 atom stereocenters. The lowest BCUT2D eigenvalue weighted by atomic mass is 10.2. The summed E-state index contributed by atoms with van der Waals surface area (Å²) in [6.07, 6.45) is 4.22. The minimum atomic E-state index is 1.10. The van der Waals surface area contributed by atoms with Gasteiger partial charge in [-0.25, -0.2) is 8.97 Å². The van der Waals surface area contributed by atoms with Crippen LogP contribution in [0.3, 0.4) is 0 Å². The van der Waals surface area contributed by atoms with Crippen molar-refractivity contribution >= 4 is 21.6 Å². The van der Waals surface area contributed by atoms with Gasteiger partial charge in [-0.1, -0.05) is 22.0 Å². The van der Waals surface area contributed by atoms with Gasteiger partial charge in [-0.05, 0) is 30.3 Å². The SMILES string of the molecule is Cn1c(-c2ccc(Br)cc2)c[n+]2ccccc12. The van der Waals surface area contributed by atoms with Gasteiger partial charge >= 0.3 is 0 Å². The predicted molar refractivity (Wildman–Crippen MR) is 71.7 cm³/mol. The first-order chi connectivity index (χ1) is 8.25. The molecule has 0 aliphatic carbocycles. The largest absolute Gasteiger partial charge is 0.286 e. The maximum Gasteiger partial charge on any atom is 0.286 e. The zero-order chi connectivity index (χ0) is 11.8. The molecule has 0 bridgehead atoms. The van der Waals surface area contributed by atoms with Crippen LogP contribution < -0.4 is 4.40 Å². The van der Waals surface area contributed by atoms with E-state index in [9.17, 15) is 0 Å². The lowest BCUT2D eigenvalue weighted by molar-refractivity contribution is -0.510. The number of aromatic nitrogens is 2. The quantitative estimate of drug-likeness (QED) is 0.608. The van der Waals surface area contributed by atoms with Crippen LogP contribution in [0.1, 0.15) is 0 Å². The van der Waals surface area contributed by atoms with Crippen molar-refractivity contribution in [3.05, 3.63) is 59.3 Å². The molecule has 3 aromatic rings. The second kappa shape index (κ2) is 4.00. The van der Waals surface area contributed by atoms with Gasteiger partial charge < -0.3 is 0 Å². The Bertz CT molecular complexity index is 668. The lowest BCUT2D eigenvalue weighted by Crippen LogP contribution is -2.17. The van der Waals surface area contributed by atoms with E-state index < -0.39 is 0 Å². The molecule has 0 amide bonds. The van der Waals surface area contributed by atoms with Gasteiger partial charge in [0.15, 0.2) is 5.69 Å². The predicted octanol–water partition coefficient (Wildman–Crippen LogP) is 3.19. The van der Waals surface area contributed by atoms with E-state index in [-0.39, 0.29) is 0 Å². The van der Waals surface area contributed by atoms with Crippen LogP contribution in [0.15, 0.2) is 59.3 Å². The number of aryl methyl sites for hydroxylation is 1. The Morgan fingerprint density at radius 1 is 1.06 bits per heavy atom. The van der Waals surface area contributed by atoms with E-state index in [0.29, 0.717) is 0 Å². The van der Waals surface area contributed by atoms with Crippen LogP contribution in [-0.2, 0) is 7.05 Å². The molecular formula is C14H12BrN2+. The third-order valence-electron chi connectivity index (χ3n) is 2.97. The molecule has 17 heavy (non-hydrogen) atoms. The summed E-state index contributed by atoms with van der Waals surface area (Å²) in [5.41, 5.74) is 3.62. The van der Waals surface area contributed by atoms with E-state index in [1.165, 1.54) is 16.9 Å². The Morgan fingerprint density at radius 3 is 2.53 bits per heavy atom. The average molecular weight is 288 g/mol. The van der Waals surface area contributed by atoms with Gasteiger partial charge in [0.25, 0.3) is 5.65 Å². The van der Waals surface area contributed by atoms with Crippen molar-refractivity contribution < 1.29 is 4.40 Å². The number of rotatable bonds is 1. The van der Waals surface area contributed by atoms with E-state index in [4.69, 9.17) is 0 Å². The van der Waals surface area contributed by atoms with E-state index in [0.717, 1.165) is 4.47 Å². The Kier molecular flexibility index (Phi) is 2.48. The molecule has 0 fully saturated rings. The number of hydrogen-bond acceptors (Lipinski definition) is 0. The fraction of sp³-hybridized carbons (Fsp3) is 0.0714. The first-order valence-electron chi connectivity index (χ1n) is 5.47. The highest BCUT2D eigenvalue weighted by Gasteiger charge is 2.14. The summed E-state index contributed by atoms with van der Waals surface area (Å²) in [4.78, 5) is 0. The third-order valence-corrected chi connectivity index (χ3v) is 3.50. The second-order valence-corrected chi connectivity index (χ2v) is 4.96. The van der Waals surface area contributed by atoms with Crippen molar-refractivity contribution in [1.82, 2.24) is 4.57 Å². The molecule has 2 aromatic heterocycles. The van der Waals surface area contributed by atoms with Gasteiger partial charge in [-0.3, -0.25) is 0 Å². The summed E-state index contributed by atoms with van der Waals surface area (Å²) in [7, 11) is 2.09. The Morgan fingerprint density at radius 2 is 1.82 bits per heavy atom. The molecule has 0 spiro atoms. The molecule has 3 heteroatoms. The Labute approximate surface area is 108 Å². The number of nitrogens with zero attached hydrogens (tertiary/aromatic N) is 2. The van der Waals surface area contributed by atoms with Gasteiger partial charge in [-0.2, -0.15) is 0 Å². The number of hydrogen-bond donors (Lipinski definition) is 0. The maximum absolute atomic E-state index is 3.46. The van der Waals surface area contributed by atoms with Crippen molar-refractivity contribution in [2.24, 2.45) is 7.05 Å². The van der Waals surface area contributed by atoms with Crippen LogP contribution in [0.25, 0.3) is 16.9 Å². The van der Waals surface area contributed by atoms with E-state index in [2.05, 4.69) is 80.7 Å². The zero-order valence-electron chi connectivity index (χ0n) is 9.47. The van der Waals surface area contributed by atoms with Crippen LogP contribution in [0, 0.1) is 0 Å². The topological polar surface area (TPSA) is 9.03 Å². The van der Waals surface area contributed by atoms with Gasteiger partial charge in [0.05, 0.1) is 13.2 Å². The highest BCUT2D eigenvalue weighted by atomic mass is 79.9. The zero-order valence-corrected chi connectivity index (χ0v) is 11.1. The van der Waals surface area contributed by atoms with Crippen LogP contribution >= 0.6 is 15.9 Å². The Balaban J connectivity index is 2.24. The van der Waals surface area contributed by atoms with Gasteiger partial charge in [0, 0.05) is 16.1 Å². The van der Waals surface area contributed by atoms with Gasteiger partial charge in [0.2, 0.25) is 0 Å². The normalized spacial score (nSPS) is 10.9. The molecule has 3 rings (SSSR count). The van der Waals surface area contributed by atoms with E-state index in [1.807, 2.05) is 6.07 Å². The second-order valence-electron chi connectivity index (χ2n) is 4.05. The number of halogens is 1. The highest BCUT2D eigenvalue weighted by Crippen LogP contribution is 2.21. The van der Waals surface area contributed by atoms with Crippen LogP contribution in [0.2, 0.25) is 0 Å². The molecule has 84 valence electrons. The fourth-order valence-corrected chi connectivity index (χ4v) is 2.34. The summed E-state index contributed by atoms with van der Waals surface area (Å²) < 4.78 is 5.44. The highest BCUT2D eigenvalue weighted by molar-refractivity contribution is 9.10. The third kappa shape index (κ3) is 1.76. The first kappa shape index (κ1) is 10.5. The number of imidazole rings is 1. The first-order valence-corrected chi connectivity index (χ1v) is 6.27. The summed E-state index contributed by atoms with van der Waals surface area (Å²) in [6.45, 7) is 0. The van der Waals surface area contributed by atoms with Crippen molar-refractivity contribution in [2.75, 3.05) is 0 Å². The summed E-state index contributed by atoms with van der Waals surface area (Å²) in [6, 6.07) is 14.6. The molecule has 0 aliphatic heterocycles. The molecular weight excluding hydrogens is 276 g/mol. The molecule has 0 saturated heterocycles. The minimum absolute atomic E-state index is 1.10. The monoisotopic (exact) mass is 287 g/mol. The van der Waals surface area contributed by atoms with Crippen molar-refractivity contribution in [1.29, 1.82) is 0 Å². The van der Waals surface area contributed by atoms with Crippen LogP contribution in [0.4, 0.5) is 0 Å². The van der Waals surface area contributed by atoms with E-state index in [1.54, 1.807) is 0 Å². The van der Waals surface area contributed by atoms with Crippen molar-refractivity contribution in [2.45, 2.75) is 0 Å². The van der Waals surface area contributed by atoms with E-state index >= 15 is 0 Å². The summed E-state index contributed by atoms with van der Waals surface area (Å²) in [5, 5.41) is 0. The minimum Gasteiger partial charge on any atom is -0.226 e. The summed E-state index contributed by atoms with van der Waals surface area (Å²) in [5.74, 6) is 0. The number of benzene rings is 1. The molecule has 2 heterocycles. The lowest BCUT2D eigenvalue weighted by Gasteiger charge is -1.97. The Hall–Kier alpha value is -1.61. The number of fused-ring (bicyclic) bond motifs is 1. The van der Waals surface area contributed by atoms with Gasteiger partial charge in [-0.15, -0.1) is 0 Å². The fourth-order valence-electron chi connectivity index (χ4n) is 2.07. The van der Waals surface area contributed by atoms with Crippen LogP contribution in [0.5, 0.6) is 0 Å². The smallest absolute Gasteiger partial charge is 0.226 e. The maximum atomic E-state index is 3.46. The molecule has 1 aromatic carbocycles. The molecule has 0 unspecified atom stereocenters. The number of pyridine rings is 1. The molecule has 0 aliphatic rings. The van der Waals surface area contributed by atoms with Crippen molar-refractivity contribution in [3.63, 3.8) is 0 Å². The molecule has 2 nitrogen and oxygen atoms in total. The standard InChI is InChI=1S/C14H12BrN2/c1-16-13(11-5-7-12(15)8-6-11)10-17-9-3-2-4-14(16)17/h2-10H,1H3/q+1. The molecule has 0 radical (unpaired) electrons.